The SMILES string of the molecule is COc1ccc(-c2ccc(C(=O)N[C@H](C(=O)O)C(C)OC(C)(C)C)c(NC(=O)Nc3c(C)cc(C4CC4)cc3C)c2)cc1. The molecule has 0 heterocycles. The molecule has 0 bridgehead atoms. The average Bonchev–Trinajstić information content (AvgIpc) is 3.78. The van der Waals surface area contributed by atoms with Gasteiger partial charge in [0.1, 0.15) is 5.75 Å². The van der Waals surface area contributed by atoms with Crippen LogP contribution in [0.3, 0.4) is 0 Å². The molecular formula is C34H41N3O6. The molecule has 1 saturated carbocycles. The summed E-state index contributed by atoms with van der Waals surface area (Å²) in [4.78, 5) is 39.0. The van der Waals surface area contributed by atoms with Crippen molar-refractivity contribution in [3.05, 3.63) is 76.9 Å². The Morgan fingerprint density at radius 1 is 0.907 bits per heavy atom. The van der Waals surface area contributed by atoms with Gasteiger partial charge in [0, 0.05) is 5.69 Å². The van der Waals surface area contributed by atoms with Crippen molar-refractivity contribution in [2.45, 2.75) is 78.0 Å². The second kappa shape index (κ2) is 12.9. The molecule has 0 saturated heterocycles. The quantitative estimate of drug-likeness (QED) is 0.205. The Bertz CT molecular complexity index is 1480. The molecule has 9 nitrogen and oxygen atoms in total. The molecule has 4 rings (SSSR count). The number of aryl methyl sites for hydroxylation is 2. The van der Waals surface area contributed by atoms with Crippen molar-refractivity contribution < 1.29 is 29.0 Å². The van der Waals surface area contributed by atoms with Crippen molar-refractivity contribution in [1.29, 1.82) is 0 Å². The van der Waals surface area contributed by atoms with Crippen LogP contribution in [-0.2, 0) is 9.53 Å². The Morgan fingerprint density at radius 3 is 2.05 bits per heavy atom. The lowest BCUT2D eigenvalue weighted by molar-refractivity contribution is -0.146. The van der Waals surface area contributed by atoms with Crippen LogP contribution in [0.5, 0.6) is 5.75 Å². The fourth-order valence-electron chi connectivity index (χ4n) is 5.15. The molecule has 228 valence electrons. The molecule has 1 fully saturated rings. The smallest absolute Gasteiger partial charge is 0.328 e. The number of carboxylic acid groups (broad SMARTS) is 1. The highest BCUT2D eigenvalue weighted by atomic mass is 16.5. The number of benzene rings is 3. The molecule has 4 N–H and O–H groups in total. The first kappa shape index (κ1) is 31.6. The van der Waals surface area contributed by atoms with E-state index < -0.39 is 35.7 Å². The molecule has 43 heavy (non-hydrogen) atoms. The second-order valence-electron chi connectivity index (χ2n) is 12.1. The van der Waals surface area contributed by atoms with Crippen molar-refractivity contribution in [2.24, 2.45) is 0 Å². The molecule has 1 unspecified atom stereocenters. The van der Waals surface area contributed by atoms with Crippen molar-refractivity contribution in [3.8, 4) is 16.9 Å². The van der Waals surface area contributed by atoms with Crippen molar-refractivity contribution in [2.75, 3.05) is 17.7 Å². The number of urea groups is 1. The van der Waals surface area contributed by atoms with Crippen molar-refractivity contribution in [1.82, 2.24) is 5.32 Å². The third-order valence-electron chi connectivity index (χ3n) is 7.34. The molecule has 3 aromatic rings. The van der Waals surface area contributed by atoms with Gasteiger partial charge >= 0.3 is 12.0 Å². The third-order valence-corrected chi connectivity index (χ3v) is 7.34. The largest absolute Gasteiger partial charge is 0.497 e. The number of hydrogen-bond acceptors (Lipinski definition) is 5. The summed E-state index contributed by atoms with van der Waals surface area (Å²) in [6.45, 7) is 11.0. The van der Waals surface area contributed by atoms with E-state index in [-0.39, 0.29) is 11.3 Å². The van der Waals surface area contributed by atoms with Crippen LogP contribution < -0.4 is 20.7 Å². The van der Waals surface area contributed by atoms with Gasteiger partial charge < -0.3 is 30.5 Å². The number of hydrogen-bond donors (Lipinski definition) is 4. The van der Waals surface area contributed by atoms with E-state index in [0.29, 0.717) is 17.4 Å². The summed E-state index contributed by atoms with van der Waals surface area (Å²) < 4.78 is 11.1. The minimum atomic E-state index is -1.31. The zero-order valence-electron chi connectivity index (χ0n) is 25.8. The van der Waals surface area contributed by atoms with Crippen LogP contribution in [0, 0.1) is 13.8 Å². The first-order chi connectivity index (χ1) is 20.3. The predicted octanol–water partition coefficient (Wildman–Crippen LogP) is 6.89. The van der Waals surface area contributed by atoms with Gasteiger partial charge in [0.05, 0.1) is 30.1 Å². The second-order valence-corrected chi connectivity index (χ2v) is 12.1. The van der Waals surface area contributed by atoms with Crippen LogP contribution in [0.4, 0.5) is 16.2 Å². The molecule has 3 aromatic carbocycles. The van der Waals surface area contributed by atoms with E-state index in [9.17, 15) is 19.5 Å². The summed E-state index contributed by atoms with van der Waals surface area (Å²) in [5.41, 5.74) is 5.21. The number of carboxylic acids is 1. The number of carbonyl (C=O) groups is 3. The van der Waals surface area contributed by atoms with Crippen molar-refractivity contribution in [3.63, 3.8) is 0 Å². The molecular weight excluding hydrogens is 546 g/mol. The number of amides is 3. The lowest BCUT2D eigenvalue weighted by atomic mass is 10.0. The van der Waals surface area contributed by atoms with Gasteiger partial charge in [0.15, 0.2) is 6.04 Å². The third kappa shape index (κ3) is 8.14. The van der Waals surface area contributed by atoms with Gasteiger partial charge in [-0.25, -0.2) is 9.59 Å². The van der Waals surface area contributed by atoms with Crippen LogP contribution in [0.1, 0.15) is 73.5 Å². The van der Waals surface area contributed by atoms with Crippen LogP contribution in [0.2, 0.25) is 0 Å². The predicted molar refractivity (Wildman–Crippen MR) is 168 cm³/mol. The maximum atomic E-state index is 13.5. The van der Waals surface area contributed by atoms with Crippen molar-refractivity contribution >= 4 is 29.3 Å². The highest BCUT2D eigenvalue weighted by Gasteiger charge is 2.31. The highest BCUT2D eigenvalue weighted by Crippen LogP contribution is 2.42. The number of nitrogens with one attached hydrogen (secondary N) is 3. The number of rotatable bonds is 10. The van der Waals surface area contributed by atoms with Gasteiger partial charge in [-0.3, -0.25) is 4.79 Å². The van der Waals surface area contributed by atoms with Crippen LogP contribution in [0.25, 0.3) is 11.1 Å². The maximum absolute atomic E-state index is 13.5. The summed E-state index contributed by atoms with van der Waals surface area (Å²) in [7, 11) is 1.59. The van der Waals surface area contributed by atoms with Gasteiger partial charge in [0.25, 0.3) is 5.91 Å². The van der Waals surface area contributed by atoms with Gasteiger partial charge in [0.2, 0.25) is 0 Å². The Kier molecular flexibility index (Phi) is 9.45. The van der Waals surface area contributed by atoms with E-state index in [1.165, 1.54) is 18.4 Å². The Hall–Kier alpha value is -4.37. The van der Waals surface area contributed by atoms with E-state index in [4.69, 9.17) is 9.47 Å². The zero-order valence-corrected chi connectivity index (χ0v) is 25.8. The first-order valence-electron chi connectivity index (χ1n) is 14.4. The monoisotopic (exact) mass is 587 g/mol. The van der Waals surface area contributed by atoms with Gasteiger partial charge in [-0.2, -0.15) is 0 Å². The highest BCUT2D eigenvalue weighted by molar-refractivity contribution is 6.08. The van der Waals surface area contributed by atoms with E-state index in [0.717, 1.165) is 22.3 Å². The summed E-state index contributed by atoms with van der Waals surface area (Å²) in [5.74, 6) is -0.599. The standard InChI is InChI=1S/C34H41N3O6/c1-19-16-25(23-8-9-23)17-20(2)29(19)37-33(41)35-28-18-24(22-10-13-26(42-7)14-11-22)12-15-27(28)31(38)36-30(32(39)40)21(3)43-34(4,5)6/h10-18,21,23,30H,8-9H2,1-7H3,(H,36,38)(H,39,40)(H2,35,37,41)/t21?,30-/m0/s1. The number of ether oxygens (including phenoxy) is 2. The summed E-state index contributed by atoms with van der Waals surface area (Å²) in [5, 5.41) is 18.2. The summed E-state index contributed by atoms with van der Waals surface area (Å²) in [6.07, 6.45) is 1.56. The van der Waals surface area contributed by atoms with Gasteiger partial charge in [-0.15, -0.1) is 0 Å². The van der Waals surface area contributed by atoms with E-state index in [1.54, 1.807) is 32.2 Å². The molecule has 0 spiro atoms. The van der Waals surface area contributed by atoms with Crippen LogP contribution in [-0.4, -0.2) is 47.9 Å². The lowest BCUT2D eigenvalue weighted by Gasteiger charge is -2.29. The normalized spacial score (nSPS) is 14.4. The van der Waals surface area contributed by atoms with Crippen LogP contribution >= 0.6 is 0 Å². The first-order valence-corrected chi connectivity index (χ1v) is 14.4. The Morgan fingerprint density at radius 2 is 1.51 bits per heavy atom. The molecule has 9 heteroatoms. The number of anilines is 2. The van der Waals surface area contributed by atoms with Gasteiger partial charge in [-0.05, 0) is 112 Å². The zero-order chi connectivity index (χ0) is 31.5. The molecule has 1 aliphatic carbocycles. The number of aliphatic carboxylic acids is 1. The van der Waals surface area contributed by atoms with Crippen LogP contribution in [0.15, 0.2) is 54.6 Å². The molecule has 0 radical (unpaired) electrons. The van der Waals surface area contributed by atoms with E-state index in [1.807, 2.05) is 58.9 Å². The molecule has 3 amide bonds. The number of carbonyl (C=O) groups excluding carboxylic acids is 2. The summed E-state index contributed by atoms with van der Waals surface area (Å²) in [6, 6.07) is 14.8. The van der Waals surface area contributed by atoms with E-state index in [2.05, 4.69) is 28.1 Å². The lowest BCUT2D eigenvalue weighted by Crippen LogP contribution is -2.50. The molecule has 0 aliphatic heterocycles. The average molecular weight is 588 g/mol. The number of methoxy groups -OCH3 is 1. The molecule has 1 aliphatic rings. The summed E-state index contributed by atoms with van der Waals surface area (Å²) >= 11 is 0. The van der Waals surface area contributed by atoms with E-state index >= 15 is 0 Å². The minimum absolute atomic E-state index is 0.110. The fraction of sp³-hybridized carbons (Fsp3) is 0.382. The maximum Gasteiger partial charge on any atom is 0.328 e. The minimum Gasteiger partial charge on any atom is -0.497 e. The van der Waals surface area contributed by atoms with Gasteiger partial charge in [-0.1, -0.05) is 30.3 Å². The molecule has 0 aromatic heterocycles. The molecule has 2 atom stereocenters. The fourth-order valence-corrected chi connectivity index (χ4v) is 5.15. The Balaban J connectivity index is 1.64. The topological polar surface area (TPSA) is 126 Å². The Labute approximate surface area is 253 Å².